The van der Waals surface area contributed by atoms with Gasteiger partial charge in [0.05, 0.1) is 31.6 Å². The van der Waals surface area contributed by atoms with Crippen LogP contribution in [-0.4, -0.2) is 54.8 Å². The maximum Gasteiger partial charge on any atom is 0.241 e. The van der Waals surface area contributed by atoms with Crippen LogP contribution in [0, 0.1) is 5.92 Å². The molecule has 0 aliphatic carbocycles. The molecule has 32 heavy (non-hydrogen) atoms. The Labute approximate surface area is 191 Å². The van der Waals surface area contributed by atoms with Crippen molar-refractivity contribution in [1.82, 2.24) is 20.4 Å². The molecule has 1 amide bonds. The second-order valence-electron chi connectivity index (χ2n) is 7.79. The molecule has 1 N–H and O–H groups in total. The number of methoxy groups -OCH3 is 2. The first kappa shape index (κ1) is 22.3. The summed E-state index contributed by atoms with van der Waals surface area (Å²) in [5.41, 5.74) is 1.09. The van der Waals surface area contributed by atoms with E-state index in [0.29, 0.717) is 42.8 Å². The van der Waals surface area contributed by atoms with Crippen LogP contribution in [0.25, 0.3) is 10.7 Å². The summed E-state index contributed by atoms with van der Waals surface area (Å²) in [6, 6.07) is 9.76. The van der Waals surface area contributed by atoms with Gasteiger partial charge in [0.1, 0.15) is 0 Å². The predicted octanol–water partition coefficient (Wildman–Crippen LogP) is 3.39. The van der Waals surface area contributed by atoms with Crippen LogP contribution in [0.1, 0.15) is 24.3 Å². The first-order valence-corrected chi connectivity index (χ1v) is 11.6. The van der Waals surface area contributed by atoms with E-state index in [1.807, 2.05) is 35.7 Å². The molecule has 8 nitrogen and oxygen atoms in total. The lowest BCUT2D eigenvalue weighted by molar-refractivity contribution is -0.126. The van der Waals surface area contributed by atoms with Gasteiger partial charge in [-0.25, -0.2) is 0 Å². The maximum absolute atomic E-state index is 12.7. The van der Waals surface area contributed by atoms with Crippen LogP contribution in [0.3, 0.4) is 0 Å². The molecule has 3 heterocycles. The number of benzene rings is 1. The number of nitrogens with zero attached hydrogens (tertiary/aromatic N) is 3. The van der Waals surface area contributed by atoms with Crippen LogP contribution >= 0.6 is 11.3 Å². The number of piperidine rings is 1. The van der Waals surface area contributed by atoms with Crippen molar-refractivity contribution in [3.05, 3.63) is 47.2 Å². The fourth-order valence-corrected chi connectivity index (χ4v) is 4.59. The van der Waals surface area contributed by atoms with Crippen LogP contribution in [0.4, 0.5) is 0 Å². The van der Waals surface area contributed by atoms with Gasteiger partial charge in [-0.05, 0) is 54.9 Å². The molecule has 0 saturated carbocycles. The Kier molecular flexibility index (Phi) is 7.39. The number of carbonyl (C=O) groups is 1. The number of nitrogens with one attached hydrogen (secondary N) is 1. The van der Waals surface area contributed by atoms with Crippen LogP contribution < -0.4 is 14.8 Å². The molecule has 1 aliphatic heterocycles. The van der Waals surface area contributed by atoms with Crippen molar-refractivity contribution in [2.75, 3.05) is 33.9 Å². The first-order valence-electron chi connectivity index (χ1n) is 10.7. The number of hydrogen-bond donors (Lipinski definition) is 1. The van der Waals surface area contributed by atoms with Crippen molar-refractivity contribution in [3.63, 3.8) is 0 Å². The number of likely N-dealkylation sites (tertiary alicyclic amines) is 1. The van der Waals surface area contributed by atoms with Gasteiger partial charge in [0.2, 0.25) is 17.6 Å². The zero-order chi connectivity index (χ0) is 22.3. The summed E-state index contributed by atoms with van der Waals surface area (Å²) in [5.74, 6) is 2.67. The molecule has 1 saturated heterocycles. The van der Waals surface area contributed by atoms with E-state index in [9.17, 15) is 4.79 Å². The van der Waals surface area contributed by atoms with Crippen LogP contribution in [0.15, 0.2) is 40.2 Å². The molecule has 2 aromatic heterocycles. The average molecular weight is 457 g/mol. The summed E-state index contributed by atoms with van der Waals surface area (Å²) in [4.78, 5) is 20.4. The minimum atomic E-state index is -0.0335. The Morgan fingerprint density at radius 1 is 1.28 bits per heavy atom. The highest BCUT2D eigenvalue weighted by Crippen LogP contribution is 2.27. The smallest absolute Gasteiger partial charge is 0.241 e. The summed E-state index contributed by atoms with van der Waals surface area (Å²) in [6.45, 7) is 2.76. The van der Waals surface area contributed by atoms with Gasteiger partial charge in [-0.2, -0.15) is 4.98 Å². The topological polar surface area (TPSA) is 89.7 Å². The van der Waals surface area contributed by atoms with E-state index in [2.05, 4.69) is 20.4 Å². The first-order chi connectivity index (χ1) is 15.7. The third kappa shape index (κ3) is 5.46. The predicted molar refractivity (Wildman–Crippen MR) is 122 cm³/mol. The lowest BCUT2D eigenvalue weighted by atomic mass is 9.97. The Hall–Kier alpha value is -2.91. The molecule has 9 heteroatoms. The van der Waals surface area contributed by atoms with Crippen molar-refractivity contribution in [1.29, 1.82) is 0 Å². The monoisotopic (exact) mass is 456 g/mol. The molecule has 1 fully saturated rings. The minimum Gasteiger partial charge on any atom is -0.493 e. The minimum absolute atomic E-state index is 0.0335. The Bertz CT molecular complexity index is 1020. The van der Waals surface area contributed by atoms with E-state index in [0.717, 1.165) is 36.2 Å². The Morgan fingerprint density at radius 3 is 2.94 bits per heavy atom. The molecule has 3 aromatic rings. The SMILES string of the molecule is COc1ccc(CCNC(=O)C2CCCN(Cc3nc(-c4cccs4)no3)C2)cc1OC. The second-order valence-corrected chi connectivity index (χ2v) is 8.74. The quantitative estimate of drug-likeness (QED) is 0.528. The highest BCUT2D eigenvalue weighted by molar-refractivity contribution is 7.13. The lowest BCUT2D eigenvalue weighted by Crippen LogP contribution is -2.43. The van der Waals surface area contributed by atoms with Crippen LogP contribution in [0.5, 0.6) is 11.5 Å². The van der Waals surface area contributed by atoms with Crippen LogP contribution in [0.2, 0.25) is 0 Å². The van der Waals surface area contributed by atoms with E-state index < -0.39 is 0 Å². The van der Waals surface area contributed by atoms with Gasteiger partial charge in [0, 0.05) is 13.1 Å². The van der Waals surface area contributed by atoms with Gasteiger partial charge < -0.3 is 19.3 Å². The summed E-state index contributed by atoms with van der Waals surface area (Å²) in [6.07, 6.45) is 2.60. The van der Waals surface area contributed by atoms with Gasteiger partial charge in [0.25, 0.3) is 0 Å². The molecule has 170 valence electrons. The van der Waals surface area contributed by atoms with Crippen molar-refractivity contribution >= 4 is 17.2 Å². The molecule has 1 aliphatic rings. The van der Waals surface area contributed by atoms with E-state index >= 15 is 0 Å². The number of rotatable bonds is 9. The molecule has 4 rings (SSSR count). The van der Waals surface area contributed by atoms with Gasteiger partial charge >= 0.3 is 0 Å². The van der Waals surface area contributed by atoms with Gasteiger partial charge in [-0.3, -0.25) is 9.69 Å². The highest BCUT2D eigenvalue weighted by atomic mass is 32.1. The van der Waals surface area contributed by atoms with E-state index in [4.69, 9.17) is 14.0 Å². The summed E-state index contributed by atoms with van der Waals surface area (Å²) in [7, 11) is 3.24. The van der Waals surface area contributed by atoms with E-state index in [-0.39, 0.29) is 11.8 Å². The summed E-state index contributed by atoms with van der Waals surface area (Å²) < 4.78 is 16.0. The molecule has 1 unspecified atom stereocenters. The number of ether oxygens (including phenoxy) is 2. The number of carbonyl (C=O) groups excluding carboxylic acids is 1. The normalized spacial score (nSPS) is 16.6. The standard InChI is InChI=1S/C23H28N4O4S/c1-29-18-8-7-16(13-19(18)30-2)9-10-24-23(28)17-5-3-11-27(14-17)15-21-25-22(26-31-21)20-6-4-12-32-20/h4,6-8,12-13,17H,3,5,9-11,14-15H2,1-2H3,(H,24,28). The molecular weight excluding hydrogens is 428 g/mol. The zero-order valence-electron chi connectivity index (χ0n) is 18.4. The number of amides is 1. The molecule has 1 atom stereocenters. The van der Waals surface area contributed by atoms with Crippen molar-refractivity contribution < 1.29 is 18.8 Å². The maximum atomic E-state index is 12.7. The summed E-state index contributed by atoms with van der Waals surface area (Å²) in [5, 5.41) is 9.15. The van der Waals surface area contributed by atoms with Crippen molar-refractivity contribution in [2.24, 2.45) is 5.92 Å². The zero-order valence-corrected chi connectivity index (χ0v) is 19.2. The second kappa shape index (κ2) is 10.6. The molecule has 0 spiro atoms. The molecule has 1 aromatic carbocycles. The fraction of sp³-hybridized carbons (Fsp3) is 0.435. The van der Waals surface area contributed by atoms with Gasteiger partial charge in [0.15, 0.2) is 11.5 Å². The van der Waals surface area contributed by atoms with Crippen LogP contribution in [-0.2, 0) is 17.8 Å². The fourth-order valence-electron chi connectivity index (χ4n) is 3.94. The molecule has 0 radical (unpaired) electrons. The highest BCUT2D eigenvalue weighted by Gasteiger charge is 2.26. The van der Waals surface area contributed by atoms with E-state index in [1.54, 1.807) is 25.6 Å². The Balaban J connectivity index is 1.25. The molecular formula is C23H28N4O4S. The van der Waals surface area contributed by atoms with Crippen molar-refractivity contribution in [2.45, 2.75) is 25.8 Å². The average Bonchev–Trinajstić information content (AvgIpc) is 3.51. The largest absolute Gasteiger partial charge is 0.493 e. The number of thiophene rings is 1. The van der Waals surface area contributed by atoms with Gasteiger partial charge in [-0.15, -0.1) is 11.3 Å². The Morgan fingerprint density at radius 2 is 2.16 bits per heavy atom. The molecule has 0 bridgehead atoms. The third-order valence-corrected chi connectivity index (χ3v) is 6.47. The third-order valence-electron chi connectivity index (χ3n) is 5.61. The van der Waals surface area contributed by atoms with Gasteiger partial charge in [-0.1, -0.05) is 17.3 Å². The van der Waals surface area contributed by atoms with E-state index in [1.165, 1.54) is 0 Å². The number of aromatic nitrogens is 2. The summed E-state index contributed by atoms with van der Waals surface area (Å²) >= 11 is 1.58. The van der Waals surface area contributed by atoms with Crippen molar-refractivity contribution in [3.8, 4) is 22.2 Å². The lowest BCUT2D eigenvalue weighted by Gasteiger charge is -2.30. The number of hydrogen-bond acceptors (Lipinski definition) is 8.